The van der Waals surface area contributed by atoms with Crippen LogP contribution in [0.15, 0.2) is 48.0 Å². The van der Waals surface area contributed by atoms with Crippen molar-refractivity contribution >= 4 is 28.8 Å². The van der Waals surface area contributed by atoms with E-state index in [1.54, 1.807) is 24.3 Å². The number of nitrogens with zero attached hydrogens (tertiary/aromatic N) is 1. The summed E-state index contributed by atoms with van der Waals surface area (Å²) >= 11 is 1.59. The zero-order valence-corrected chi connectivity index (χ0v) is 16.0. The van der Waals surface area contributed by atoms with Gasteiger partial charge in [-0.15, -0.1) is 11.3 Å². The quantitative estimate of drug-likeness (QED) is 0.492. The number of thiazole rings is 1. The van der Waals surface area contributed by atoms with Crippen LogP contribution < -0.4 is 0 Å². The summed E-state index contributed by atoms with van der Waals surface area (Å²) < 4.78 is 0. The second-order valence-electron chi connectivity index (χ2n) is 5.82. The SMILES string of the molecule is C=C/C=C\c1c(-c2csc(/C(C)=C/C(=C\CC)C(C)=O)n2)c[nH]c1C. The molecule has 0 aromatic carbocycles. The normalized spacial score (nSPS) is 12.8. The van der Waals surface area contributed by atoms with Gasteiger partial charge in [0.05, 0.1) is 5.69 Å². The van der Waals surface area contributed by atoms with E-state index in [4.69, 9.17) is 4.98 Å². The molecule has 0 bridgehead atoms. The molecule has 3 nitrogen and oxygen atoms in total. The van der Waals surface area contributed by atoms with Crippen LogP contribution in [-0.4, -0.2) is 15.8 Å². The minimum atomic E-state index is 0.0797. The Kier molecular flexibility index (Phi) is 6.48. The summed E-state index contributed by atoms with van der Waals surface area (Å²) in [6.07, 6.45) is 12.4. The van der Waals surface area contributed by atoms with E-state index in [1.165, 1.54) is 0 Å². The second-order valence-corrected chi connectivity index (χ2v) is 6.68. The van der Waals surface area contributed by atoms with E-state index in [2.05, 4.69) is 16.9 Å². The third-order valence-corrected chi connectivity index (χ3v) is 4.82. The molecule has 25 heavy (non-hydrogen) atoms. The molecule has 2 aromatic rings. The van der Waals surface area contributed by atoms with Crippen LogP contribution in [0.1, 0.15) is 43.5 Å². The number of allylic oxidation sites excluding steroid dienone is 6. The predicted octanol–water partition coefficient (Wildman–Crippen LogP) is 5.97. The van der Waals surface area contributed by atoms with Crippen molar-refractivity contribution in [1.29, 1.82) is 0 Å². The van der Waals surface area contributed by atoms with Crippen molar-refractivity contribution in [1.82, 2.24) is 9.97 Å². The molecule has 2 heterocycles. The number of ketones is 1. The second kappa shape index (κ2) is 8.58. The molecular formula is C21H24N2OS. The molecule has 0 fully saturated rings. The van der Waals surface area contributed by atoms with Gasteiger partial charge >= 0.3 is 0 Å². The molecule has 1 N–H and O–H groups in total. The van der Waals surface area contributed by atoms with E-state index in [9.17, 15) is 4.79 Å². The first-order valence-corrected chi connectivity index (χ1v) is 9.18. The van der Waals surface area contributed by atoms with Crippen molar-refractivity contribution in [2.24, 2.45) is 0 Å². The van der Waals surface area contributed by atoms with Gasteiger partial charge in [0, 0.05) is 34.0 Å². The third kappa shape index (κ3) is 4.54. The number of hydrogen-bond donors (Lipinski definition) is 1. The molecule has 0 spiro atoms. The van der Waals surface area contributed by atoms with Crippen molar-refractivity contribution < 1.29 is 4.79 Å². The largest absolute Gasteiger partial charge is 0.364 e. The molecule has 0 aliphatic carbocycles. The van der Waals surface area contributed by atoms with Crippen LogP contribution in [-0.2, 0) is 4.79 Å². The van der Waals surface area contributed by atoms with E-state index >= 15 is 0 Å². The molecule has 0 unspecified atom stereocenters. The fourth-order valence-corrected chi connectivity index (χ4v) is 3.33. The first-order valence-electron chi connectivity index (χ1n) is 8.30. The fraction of sp³-hybridized carbons (Fsp3) is 0.238. The van der Waals surface area contributed by atoms with Gasteiger partial charge in [-0.05, 0) is 38.8 Å². The summed E-state index contributed by atoms with van der Waals surface area (Å²) in [5, 5.41) is 2.98. The van der Waals surface area contributed by atoms with Crippen molar-refractivity contribution in [2.45, 2.75) is 34.1 Å². The number of carbonyl (C=O) groups excluding carboxylic acids is 1. The standard InChI is InChI=1S/C21H24N2OS/c1-6-8-10-18-15(4)22-12-19(18)20-13-25-21(23-20)14(3)11-17(9-7-2)16(5)24/h6,8-13,22H,1,7H2,2-5H3/b10-8-,14-11+,17-9+. The first-order chi connectivity index (χ1) is 12.0. The van der Waals surface area contributed by atoms with Gasteiger partial charge in [-0.25, -0.2) is 4.98 Å². The van der Waals surface area contributed by atoms with E-state index in [-0.39, 0.29) is 5.78 Å². The Balaban J connectivity index is 2.38. The minimum absolute atomic E-state index is 0.0797. The minimum Gasteiger partial charge on any atom is -0.364 e. The lowest BCUT2D eigenvalue weighted by Gasteiger charge is -2.00. The molecule has 4 heteroatoms. The van der Waals surface area contributed by atoms with E-state index in [0.717, 1.165) is 45.1 Å². The Hall–Kier alpha value is -2.46. The van der Waals surface area contributed by atoms with Crippen LogP contribution >= 0.6 is 11.3 Å². The maximum atomic E-state index is 11.7. The number of aromatic amines is 1. The Morgan fingerprint density at radius 2 is 2.16 bits per heavy atom. The summed E-state index contributed by atoms with van der Waals surface area (Å²) in [6.45, 7) is 11.4. The Bertz CT molecular complexity index is 862. The number of aryl methyl sites for hydroxylation is 1. The lowest BCUT2D eigenvalue weighted by molar-refractivity contribution is -0.113. The highest BCUT2D eigenvalue weighted by molar-refractivity contribution is 7.11. The van der Waals surface area contributed by atoms with Crippen molar-refractivity contribution in [3.63, 3.8) is 0 Å². The fourth-order valence-electron chi connectivity index (χ4n) is 2.53. The van der Waals surface area contributed by atoms with Crippen LogP contribution in [0.4, 0.5) is 0 Å². The van der Waals surface area contributed by atoms with Crippen molar-refractivity contribution in [3.8, 4) is 11.3 Å². The summed E-state index contributed by atoms with van der Waals surface area (Å²) in [6, 6.07) is 0. The molecule has 0 aliphatic rings. The van der Waals surface area contributed by atoms with Gasteiger partial charge in [0.25, 0.3) is 0 Å². The number of rotatable bonds is 7. The third-order valence-electron chi connectivity index (χ3n) is 3.85. The molecule has 0 amide bonds. The van der Waals surface area contributed by atoms with Gasteiger partial charge in [0.1, 0.15) is 5.01 Å². The van der Waals surface area contributed by atoms with E-state index in [0.29, 0.717) is 0 Å². The molecule has 2 rings (SSSR count). The Morgan fingerprint density at radius 1 is 1.40 bits per heavy atom. The van der Waals surface area contributed by atoms with E-state index < -0.39 is 0 Å². The Morgan fingerprint density at radius 3 is 2.80 bits per heavy atom. The van der Waals surface area contributed by atoms with Crippen molar-refractivity contribution in [2.75, 3.05) is 0 Å². The summed E-state index contributed by atoms with van der Waals surface area (Å²) in [7, 11) is 0. The monoisotopic (exact) mass is 352 g/mol. The average molecular weight is 353 g/mol. The topological polar surface area (TPSA) is 45.8 Å². The summed E-state index contributed by atoms with van der Waals surface area (Å²) in [5.41, 5.74) is 5.96. The highest BCUT2D eigenvalue weighted by Crippen LogP contribution is 2.31. The molecular weight excluding hydrogens is 328 g/mol. The lowest BCUT2D eigenvalue weighted by Crippen LogP contribution is -1.94. The molecule has 0 atom stereocenters. The molecule has 130 valence electrons. The number of carbonyl (C=O) groups is 1. The van der Waals surface area contributed by atoms with Crippen LogP contribution in [0.25, 0.3) is 22.9 Å². The number of aromatic nitrogens is 2. The molecule has 2 aromatic heterocycles. The number of Topliss-reactive ketones (excluding diaryl/α,β-unsaturated/α-hetero) is 1. The van der Waals surface area contributed by atoms with Crippen molar-refractivity contribution in [3.05, 3.63) is 64.3 Å². The van der Waals surface area contributed by atoms with Gasteiger partial charge in [-0.3, -0.25) is 4.79 Å². The zero-order valence-electron chi connectivity index (χ0n) is 15.2. The first kappa shape index (κ1) is 18.9. The van der Waals surface area contributed by atoms with Gasteiger partial charge in [0.15, 0.2) is 5.78 Å². The number of hydrogen-bond acceptors (Lipinski definition) is 3. The van der Waals surface area contributed by atoms with Crippen LogP contribution in [0, 0.1) is 6.92 Å². The number of nitrogens with one attached hydrogen (secondary N) is 1. The predicted molar refractivity (Wildman–Crippen MR) is 109 cm³/mol. The van der Waals surface area contributed by atoms with Gasteiger partial charge in [-0.1, -0.05) is 37.8 Å². The van der Waals surface area contributed by atoms with Gasteiger partial charge < -0.3 is 4.98 Å². The smallest absolute Gasteiger partial charge is 0.159 e. The Labute approximate surface area is 153 Å². The molecule has 0 saturated heterocycles. The van der Waals surface area contributed by atoms with E-state index in [1.807, 2.05) is 51.3 Å². The molecule has 0 radical (unpaired) electrons. The van der Waals surface area contributed by atoms with Crippen LogP contribution in [0.2, 0.25) is 0 Å². The summed E-state index contributed by atoms with van der Waals surface area (Å²) in [5.74, 6) is 0.0797. The summed E-state index contributed by atoms with van der Waals surface area (Å²) in [4.78, 5) is 19.8. The van der Waals surface area contributed by atoms with Gasteiger partial charge in [0.2, 0.25) is 0 Å². The van der Waals surface area contributed by atoms with Crippen LogP contribution in [0.5, 0.6) is 0 Å². The van der Waals surface area contributed by atoms with Crippen LogP contribution in [0.3, 0.4) is 0 Å². The zero-order chi connectivity index (χ0) is 18.4. The number of H-pyrrole nitrogens is 1. The highest BCUT2D eigenvalue weighted by Gasteiger charge is 2.12. The molecule has 0 saturated carbocycles. The van der Waals surface area contributed by atoms with Gasteiger partial charge in [-0.2, -0.15) is 0 Å². The maximum absolute atomic E-state index is 11.7. The highest BCUT2D eigenvalue weighted by atomic mass is 32.1. The lowest BCUT2D eigenvalue weighted by atomic mass is 10.1. The maximum Gasteiger partial charge on any atom is 0.159 e. The molecule has 0 aliphatic heterocycles. The average Bonchev–Trinajstić information content (AvgIpc) is 3.19.